The molecule has 0 bridgehead atoms. The van der Waals surface area contributed by atoms with Crippen LogP contribution in [0.1, 0.15) is 37.8 Å². The van der Waals surface area contributed by atoms with E-state index in [4.69, 9.17) is 4.74 Å². The molecule has 1 N–H and O–H groups in total. The smallest absolute Gasteiger partial charge is 0.123 e. The number of benzene rings is 1. The maximum absolute atomic E-state index is 5.94. The van der Waals surface area contributed by atoms with Gasteiger partial charge in [0.1, 0.15) is 11.4 Å². The number of nitrogens with one attached hydrogen (secondary N) is 1. The molecule has 0 saturated heterocycles. The Labute approximate surface area is 128 Å². The molecule has 116 valence electrons. The van der Waals surface area contributed by atoms with E-state index in [0.717, 1.165) is 31.2 Å². The number of likely N-dealkylation sites (N-methyl/N-ethyl adjacent to an activating group) is 1. The zero-order chi connectivity index (χ0) is 15.0. The molecule has 21 heavy (non-hydrogen) atoms. The van der Waals surface area contributed by atoms with E-state index >= 15 is 0 Å². The van der Waals surface area contributed by atoms with Crippen molar-refractivity contribution in [3.05, 3.63) is 29.3 Å². The van der Waals surface area contributed by atoms with Crippen LogP contribution in [0.25, 0.3) is 0 Å². The molecule has 3 nitrogen and oxygen atoms in total. The van der Waals surface area contributed by atoms with Gasteiger partial charge in [0.05, 0.1) is 0 Å². The van der Waals surface area contributed by atoms with Gasteiger partial charge in [-0.25, -0.2) is 0 Å². The van der Waals surface area contributed by atoms with Gasteiger partial charge in [-0.2, -0.15) is 0 Å². The van der Waals surface area contributed by atoms with Crippen LogP contribution in [-0.4, -0.2) is 37.2 Å². The van der Waals surface area contributed by atoms with Crippen molar-refractivity contribution in [2.24, 2.45) is 5.92 Å². The van der Waals surface area contributed by atoms with E-state index in [1.165, 1.54) is 24.0 Å². The lowest BCUT2D eigenvalue weighted by Gasteiger charge is -2.24. The van der Waals surface area contributed by atoms with Crippen LogP contribution in [0.4, 0.5) is 0 Å². The number of hydrogen-bond donors (Lipinski definition) is 1. The fraction of sp³-hybridized carbons (Fsp3) is 0.667. The molecule has 1 aliphatic carbocycles. The quantitative estimate of drug-likeness (QED) is 0.871. The van der Waals surface area contributed by atoms with Gasteiger partial charge in [-0.1, -0.05) is 12.1 Å². The summed E-state index contributed by atoms with van der Waals surface area (Å²) in [4.78, 5) is 2.36. The lowest BCUT2D eigenvalue weighted by atomic mass is 10.0. The fourth-order valence-corrected chi connectivity index (χ4v) is 3.39. The Balaban J connectivity index is 1.55. The number of fused-ring (bicyclic) bond motifs is 1. The average Bonchev–Trinajstić information content (AvgIpc) is 3.16. The third-order valence-corrected chi connectivity index (χ3v) is 4.64. The van der Waals surface area contributed by atoms with E-state index in [2.05, 4.69) is 56.4 Å². The number of hydrogen-bond acceptors (Lipinski definition) is 3. The van der Waals surface area contributed by atoms with Gasteiger partial charge in [0, 0.05) is 25.6 Å². The Morgan fingerprint density at radius 2 is 2.10 bits per heavy atom. The van der Waals surface area contributed by atoms with Gasteiger partial charge >= 0.3 is 0 Å². The van der Waals surface area contributed by atoms with Crippen molar-refractivity contribution in [3.8, 4) is 5.75 Å². The van der Waals surface area contributed by atoms with E-state index in [-0.39, 0.29) is 5.60 Å². The predicted molar refractivity (Wildman–Crippen MR) is 86.8 cm³/mol. The highest BCUT2D eigenvalue weighted by atomic mass is 16.5. The van der Waals surface area contributed by atoms with Crippen LogP contribution in [0, 0.1) is 5.92 Å². The maximum Gasteiger partial charge on any atom is 0.123 e. The molecule has 1 heterocycles. The van der Waals surface area contributed by atoms with Gasteiger partial charge in [-0.3, -0.25) is 0 Å². The van der Waals surface area contributed by atoms with Crippen LogP contribution in [-0.2, 0) is 13.0 Å². The molecule has 0 spiro atoms. The summed E-state index contributed by atoms with van der Waals surface area (Å²) in [5.41, 5.74) is 2.67. The average molecular weight is 288 g/mol. The van der Waals surface area contributed by atoms with Crippen molar-refractivity contribution in [2.45, 2.75) is 51.3 Å². The molecule has 3 heteroatoms. The molecule has 3 rings (SSSR count). The summed E-state index contributed by atoms with van der Waals surface area (Å²) >= 11 is 0. The molecule has 1 aromatic carbocycles. The summed E-state index contributed by atoms with van der Waals surface area (Å²) in [5, 5.41) is 3.63. The standard InChI is InChI=1S/C18H28N2O/c1-18(2)10-15-9-13(5-8-17(15)21-18)11-19-12-16(20(3)4)14-6-7-14/h5,8-9,14,16,19H,6-7,10-12H2,1-4H3. The first-order valence-electron chi connectivity index (χ1n) is 8.12. The molecular weight excluding hydrogens is 260 g/mol. The zero-order valence-electron chi connectivity index (χ0n) is 13.8. The topological polar surface area (TPSA) is 24.5 Å². The summed E-state index contributed by atoms with van der Waals surface area (Å²) in [7, 11) is 4.39. The molecule has 0 amide bonds. The summed E-state index contributed by atoms with van der Waals surface area (Å²) in [6.45, 7) is 6.34. The van der Waals surface area contributed by atoms with Crippen LogP contribution in [0.15, 0.2) is 18.2 Å². The molecule has 1 aromatic rings. The largest absolute Gasteiger partial charge is 0.487 e. The Bertz CT molecular complexity index is 504. The molecule has 1 fully saturated rings. The SMILES string of the molecule is CN(C)C(CNCc1ccc2c(c1)CC(C)(C)O2)C1CC1. The number of nitrogens with zero attached hydrogens (tertiary/aromatic N) is 1. The maximum atomic E-state index is 5.94. The normalized spacial score (nSPS) is 21.2. The van der Waals surface area contributed by atoms with Gasteiger partial charge in [0.2, 0.25) is 0 Å². The van der Waals surface area contributed by atoms with Gasteiger partial charge in [-0.15, -0.1) is 0 Å². The van der Waals surface area contributed by atoms with Crippen molar-refractivity contribution in [1.82, 2.24) is 10.2 Å². The third-order valence-electron chi connectivity index (χ3n) is 4.64. The van der Waals surface area contributed by atoms with E-state index in [1.807, 2.05) is 0 Å². The second-order valence-electron chi connectivity index (χ2n) is 7.48. The van der Waals surface area contributed by atoms with Crippen molar-refractivity contribution in [2.75, 3.05) is 20.6 Å². The molecule has 2 aliphatic rings. The zero-order valence-corrected chi connectivity index (χ0v) is 13.8. The summed E-state index contributed by atoms with van der Waals surface area (Å²) in [6.07, 6.45) is 3.81. The monoisotopic (exact) mass is 288 g/mol. The van der Waals surface area contributed by atoms with Crippen LogP contribution >= 0.6 is 0 Å². The summed E-state index contributed by atoms with van der Waals surface area (Å²) in [6, 6.07) is 7.31. The van der Waals surface area contributed by atoms with E-state index in [1.54, 1.807) is 0 Å². The first kappa shape index (κ1) is 14.9. The highest BCUT2D eigenvalue weighted by Crippen LogP contribution is 2.35. The van der Waals surface area contributed by atoms with E-state index in [9.17, 15) is 0 Å². The van der Waals surface area contributed by atoms with Crippen LogP contribution in [0.2, 0.25) is 0 Å². The van der Waals surface area contributed by atoms with Gasteiger partial charge in [0.15, 0.2) is 0 Å². The van der Waals surface area contributed by atoms with Crippen molar-refractivity contribution in [1.29, 1.82) is 0 Å². The Kier molecular flexibility index (Phi) is 3.98. The van der Waals surface area contributed by atoms with E-state index in [0.29, 0.717) is 6.04 Å². The minimum Gasteiger partial charge on any atom is -0.487 e. The second-order valence-corrected chi connectivity index (χ2v) is 7.48. The highest BCUT2D eigenvalue weighted by molar-refractivity contribution is 5.41. The van der Waals surface area contributed by atoms with Crippen LogP contribution in [0.3, 0.4) is 0 Å². The minimum absolute atomic E-state index is 0.0453. The van der Waals surface area contributed by atoms with Crippen LogP contribution < -0.4 is 10.1 Å². The predicted octanol–water partition coefficient (Wildman–Crippen LogP) is 2.83. The molecular formula is C18H28N2O. The first-order chi connectivity index (χ1) is 9.94. The first-order valence-corrected chi connectivity index (χ1v) is 8.12. The van der Waals surface area contributed by atoms with Gasteiger partial charge in [-0.05, 0) is 63.9 Å². The van der Waals surface area contributed by atoms with E-state index < -0.39 is 0 Å². The lowest BCUT2D eigenvalue weighted by molar-refractivity contribution is 0.138. The van der Waals surface area contributed by atoms with Crippen molar-refractivity contribution < 1.29 is 4.74 Å². The molecule has 1 aliphatic heterocycles. The Morgan fingerprint density at radius 1 is 1.33 bits per heavy atom. The molecule has 1 saturated carbocycles. The highest BCUT2D eigenvalue weighted by Gasteiger charge is 2.32. The van der Waals surface area contributed by atoms with Crippen molar-refractivity contribution in [3.63, 3.8) is 0 Å². The second kappa shape index (κ2) is 5.62. The molecule has 1 atom stereocenters. The third kappa shape index (κ3) is 3.58. The Hall–Kier alpha value is -1.06. The molecule has 0 aromatic heterocycles. The minimum atomic E-state index is -0.0453. The Morgan fingerprint density at radius 3 is 2.76 bits per heavy atom. The number of ether oxygens (including phenoxy) is 1. The lowest BCUT2D eigenvalue weighted by Crippen LogP contribution is -2.39. The van der Waals surface area contributed by atoms with Crippen LogP contribution in [0.5, 0.6) is 5.75 Å². The number of rotatable bonds is 6. The van der Waals surface area contributed by atoms with Crippen molar-refractivity contribution >= 4 is 0 Å². The van der Waals surface area contributed by atoms with Gasteiger partial charge in [0.25, 0.3) is 0 Å². The molecule has 0 radical (unpaired) electrons. The van der Waals surface area contributed by atoms with Gasteiger partial charge < -0.3 is 15.0 Å². The summed E-state index contributed by atoms with van der Waals surface area (Å²) < 4.78 is 5.94. The summed E-state index contributed by atoms with van der Waals surface area (Å²) in [5.74, 6) is 1.97. The molecule has 1 unspecified atom stereocenters. The fourth-order valence-electron chi connectivity index (χ4n) is 3.39.